The maximum absolute atomic E-state index is 11.0. The van der Waals surface area contributed by atoms with Gasteiger partial charge in [-0.05, 0) is 44.9 Å². The van der Waals surface area contributed by atoms with Crippen molar-refractivity contribution in [2.75, 3.05) is 5.32 Å². The highest BCUT2D eigenvalue weighted by Crippen LogP contribution is 2.32. The molecule has 0 unspecified atom stereocenters. The fraction of sp³-hybridized carbons (Fsp3) is 0.0833. The molecule has 0 atom stereocenters. The van der Waals surface area contributed by atoms with Crippen molar-refractivity contribution >= 4 is 54.2 Å². The van der Waals surface area contributed by atoms with Crippen LogP contribution in [0.4, 0.5) is 5.69 Å². The second-order valence-electron chi connectivity index (χ2n) is 3.47. The molecule has 2 rings (SSSR count). The summed E-state index contributed by atoms with van der Waals surface area (Å²) in [7, 11) is 0. The van der Waals surface area contributed by atoms with Crippen LogP contribution in [0.25, 0.3) is 10.8 Å². The highest BCUT2D eigenvalue weighted by molar-refractivity contribution is 9.11. The molecule has 0 aliphatic carbocycles. The van der Waals surface area contributed by atoms with Crippen LogP contribution in [-0.4, -0.2) is 5.91 Å². The Morgan fingerprint density at radius 1 is 1.19 bits per heavy atom. The van der Waals surface area contributed by atoms with Crippen LogP contribution in [0.2, 0.25) is 0 Å². The molecule has 2 aromatic carbocycles. The minimum atomic E-state index is -0.0721. The average Bonchev–Trinajstić information content (AvgIpc) is 2.22. The van der Waals surface area contributed by atoms with Gasteiger partial charge in [-0.25, -0.2) is 0 Å². The monoisotopic (exact) mass is 341 g/mol. The van der Waals surface area contributed by atoms with Crippen LogP contribution in [0.3, 0.4) is 0 Å². The molecule has 0 aromatic heterocycles. The molecule has 16 heavy (non-hydrogen) atoms. The maximum Gasteiger partial charge on any atom is 0.221 e. The fourth-order valence-corrected chi connectivity index (χ4v) is 2.52. The summed E-state index contributed by atoms with van der Waals surface area (Å²) in [5.74, 6) is -0.0721. The van der Waals surface area contributed by atoms with E-state index in [4.69, 9.17) is 0 Å². The zero-order valence-electron chi connectivity index (χ0n) is 8.55. The number of nitrogens with one attached hydrogen (secondary N) is 1. The first-order valence-corrected chi connectivity index (χ1v) is 6.32. The number of halogens is 2. The van der Waals surface area contributed by atoms with E-state index in [1.165, 1.54) is 6.92 Å². The molecule has 82 valence electrons. The van der Waals surface area contributed by atoms with Gasteiger partial charge >= 0.3 is 0 Å². The number of anilines is 1. The first-order chi connectivity index (χ1) is 7.58. The second-order valence-corrected chi connectivity index (χ2v) is 5.18. The molecule has 0 aliphatic heterocycles. The van der Waals surface area contributed by atoms with Gasteiger partial charge in [0, 0.05) is 15.9 Å². The van der Waals surface area contributed by atoms with Gasteiger partial charge < -0.3 is 5.32 Å². The van der Waals surface area contributed by atoms with E-state index in [0.29, 0.717) is 0 Å². The highest BCUT2D eigenvalue weighted by atomic mass is 79.9. The summed E-state index contributed by atoms with van der Waals surface area (Å²) in [4.78, 5) is 11.0. The third kappa shape index (κ3) is 2.28. The summed E-state index contributed by atoms with van der Waals surface area (Å²) in [5.41, 5.74) is 0.794. The molecule has 2 nitrogen and oxygen atoms in total. The minimum Gasteiger partial charge on any atom is -0.325 e. The molecule has 4 heteroatoms. The Kier molecular flexibility index (Phi) is 3.30. The first kappa shape index (κ1) is 11.6. The van der Waals surface area contributed by atoms with Crippen molar-refractivity contribution < 1.29 is 4.79 Å². The van der Waals surface area contributed by atoms with Gasteiger partial charge in [0.1, 0.15) is 0 Å². The molecule has 2 aromatic rings. The normalized spacial score (nSPS) is 10.4. The Morgan fingerprint density at radius 2 is 1.94 bits per heavy atom. The quantitative estimate of drug-likeness (QED) is 0.821. The summed E-state index contributed by atoms with van der Waals surface area (Å²) >= 11 is 6.94. The van der Waals surface area contributed by atoms with Crippen LogP contribution in [0.15, 0.2) is 39.3 Å². The molecule has 0 aliphatic rings. The van der Waals surface area contributed by atoms with E-state index in [0.717, 1.165) is 25.4 Å². The van der Waals surface area contributed by atoms with E-state index in [1.807, 2.05) is 30.3 Å². The SMILES string of the molecule is CC(=O)Nc1ccc2cc(Br)ccc2c1Br. The summed E-state index contributed by atoms with van der Waals surface area (Å²) in [6, 6.07) is 9.90. The van der Waals surface area contributed by atoms with Crippen LogP contribution in [0.1, 0.15) is 6.92 Å². The zero-order chi connectivity index (χ0) is 11.7. The predicted molar refractivity (Wildman–Crippen MR) is 73.7 cm³/mol. The molecule has 0 heterocycles. The lowest BCUT2D eigenvalue weighted by molar-refractivity contribution is -0.114. The Balaban J connectivity index is 2.60. The van der Waals surface area contributed by atoms with E-state index in [1.54, 1.807) is 0 Å². The fourth-order valence-electron chi connectivity index (χ4n) is 1.55. The Bertz CT molecular complexity index is 566. The van der Waals surface area contributed by atoms with Gasteiger partial charge in [0.15, 0.2) is 0 Å². The summed E-state index contributed by atoms with van der Waals surface area (Å²) < 4.78 is 1.95. The number of amides is 1. The van der Waals surface area contributed by atoms with Gasteiger partial charge in [0.05, 0.1) is 5.69 Å². The third-order valence-corrected chi connectivity index (χ3v) is 3.57. The number of carbonyl (C=O) groups excluding carboxylic acids is 1. The molecule has 0 fully saturated rings. The second kappa shape index (κ2) is 4.55. The Morgan fingerprint density at radius 3 is 2.62 bits per heavy atom. The molecular weight excluding hydrogens is 334 g/mol. The molecule has 1 N–H and O–H groups in total. The van der Waals surface area contributed by atoms with Crippen LogP contribution in [-0.2, 0) is 4.79 Å². The zero-order valence-corrected chi connectivity index (χ0v) is 11.7. The maximum atomic E-state index is 11.0. The van der Waals surface area contributed by atoms with E-state index in [2.05, 4.69) is 37.2 Å². The van der Waals surface area contributed by atoms with Crippen molar-refractivity contribution in [3.63, 3.8) is 0 Å². The van der Waals surface area contributed by atoms with Crippen LogP contribution >= 0.6 is 31.9 Å². The van der Waals surface area contributed by atoms with Gasteiger partial charge in [-0.3, -0.25) is 4.79 Å². The molecule has 0 radical (unpaired) electrons. The van der Waals surface area contributed by atoms with Crippen LogP contribution < -0.4 is 5.32 Å². The molecule has 0 spiro atoms. The largest absolute Gasteiger partial charge is 0.325 e. The Hall–Kier alpha value is -0.870. The first-order valence-electron chi connectivity index (χ1n) is 4.73. The van der Waals surface area contributed by atoms with Crippen molar-refractivity contribution in [1.82, 2.24) is 0 Å². The van der Waals surface area contributed by atoms with Gasteiger partial charge in [-0.15, -0.1) is 0 Å². The summed E-state index contributed by atoms with van der Waals surface area (Å²) in [5, 5.41) is 4.98. The van der Waals surface area contributed by atoms with Crippen molar-refractivity contribution in [3.8, 4) is 0 Å². The lowest BCUT2D eigenvalue weighted by atomic mass is 10.1. The number of hydrogen-bond acceptors (Lipinski definition) is 1. The molecule has 1 amide bonds. The number of carbonyl (C=O) groups is 1. The van der Waals surface area contributed by atoms with Crippen molar-refractivity contribution in [3.05, 3.63) is 39.3 Å². The van der Waals surface area contributed by atoms with Gasteiger partial charge in [0.25, 0.3) is 0 Å². The smallest absolute Gasteiger partial charge is 0.221 e. The number of fused-ring (bicyclic) bond motifs is 1. The van der Waals surface area contributed by atoms with E-state index >= 15 is 0 Å². The number of rotatable bonds is 1. The van der Waals surface area contributed by atoms with E-state index < -0.39 is 0 Å². The van der Waals surface area contributed by atoms with Crippen LogP contribution in [0, 0.1) is 0 Å². The predicted octanol–water partition coefficient (Wildman–Crippen LogP) is 4.32. The lowest BCUT2D eigenvalue weighted by Gasteiger charge is -2.08. The highest BCUT2D eigenvalue weighted by Gasteiger charge is 2.06. The Labute approximate surface area is 110 Å². The molecule has 0 saturated carbocycles. The van der Waals surface area contributed by atoms with Crippen LogP contribution in [0.5, 0.6) is 0 Å². The summed E-state index contributed by atoms with van der Waals surface area (Å²) in [6.07, 6.45) is 0. The van der Waals surface area contributed by atoms with E-state index in [9.17, 15) is 4.79 Å². The van der Waals surface area contributed by atoms with Crippen molar-refractivity contribution in [2.45, 2.75) is 6.92 Å². The van der Waals surface area contributed by atoms with Crippen molar-refractivity contribution in [2.24, 2.45) is 0 Å². The molecule has 0 bridgehead atoms. The van der Waals surface area contributed by atoms with Crippen molar-refractivity contribution in [1.29, 1.82) is 0 Å². The topological polar surface area (TPSA) is 29.1 Å². The lowest BCUT2D eigenvalue weighted by Crippen LogP contribution is -2.06. The molecular formula is C12H9Br2NO. The molecule has 0 saturated heterocycles. The average molecular weight is 343 g/mol. The third-order valence-electron chi connectivity index (χ3n) is 2.23. The van der Waals surface area contributed by atoms with Gasteiger partial charge in [0.2, 0.25) is 5.91 Å². The van der Waals surface area contributed by atoms with Gasteiger partial charge in [-0.2, -0.15) is 0 Å². The van der Waals surface area contributed by atoms with Gasteiger partial charge in [-0.1, -0.05) is 28.1 Å². The van der Waals surface area contributed by atoms with E-state index in [-0.39, 0.29) is 5.91 Å². The summed E-state index contributed by atoms with van der Waals surface area (Å²) in [6.45, 7) is 1.50. The number of hydrogen-bond donors (Lipinski definition) is 1. The number of benzene rings is 2. The standard InChI is InChI=1S/C12H9Br2NO/c1-7(16)15-11-5-2-8-6-9(13)3-4-10(8)12(11)14/h2-6H,1H3,(H,15,16). The minimum absolute atomic E-state index is 0.0721.